The number of H-pyrrole nitrogens is 1. The van der Waals surface area contributed by atoms with E-state index >= 15 is 0 Å². The minimum Gasteiger partial charge on any atom is -0.494 e. The molecule has 1 fully saturated rings. The standard InChI is InChI=1S/C29H30N6O2S/c1-2-34-9-11-35(12-10-34)16-21-4-7-25-22(13-21)5-8-26(32-25)28-24-6-3-20(14-27(24)33-29(28)36)15-31-37-17-23-18-38-19-30-23/h3-8,13-15,18-19,33,36H,2,9-12,16-17H2,1H3. The summed E-state index contributed by atoms with van der Waals surface area (Å²) in [6, 6.07) is 16.4. The van der Waals surface area contributed by atoms with Crippen molar-refractivity contribution >= 4 is 39.4 Å². The molecular weight excluding hydrogens is 496 g/mol. The maximum Gasteiger partial charge on any atom is 0.199 e. The number of hydrogen-bond acceptors (Lipinski definition) is 8. The second kappa shape index (κ2) is 10.9. The number of thiazole rings is 1. The van der Waals surface area contributed by atoms with Gasteiger partial charge in [-0.15, -0.1) is 11.3 Å². The number of aromatic hydroxyl groups is 1. The highest BCUT2D eigenvalue weighted by atomic mass is 32.1. The minimum absolute atomic E-state index is 0.101. The second-order valence-electron chi connectivity index (χ2n) is 9.58. The predicted octanol–water partition coefficient (Wildman–Crippen LogP) is 5.23. The molecule has 2 aromatic carbocycles. The molecule has 1 aliphatic heterocycles. The van der Waals surface area contributed by atoms with Crippen LogP contribution in [0.3, 0.4) is 0 Å². The highest BCUT2D eigenvalue weighted by Gasteiger charge is 2.17. The Hall–Kier alpha value is -3.79. The van der Waals surface area contributed by atoms with Gasteiger partial charge in [0, 0.05) is 54.4 Å². The van der Waals surface area contributed by atoms with Gasteiger partial charge in [0.05, 0.1) is 34.2 Å². The van der Waals surface area contributed by atoms with E-state index < -0.39 is 0 Å². The van der Waals surface area contributed by atoms with E-state index in [1.807, 2.05) is 29.6 Å². The molecule has 38 heavy (non-hydrogen) atoms. The monoisotopic (exact) mass is 526 g/mol. The van der Waals surface area contributed by atoms with Crippen molar-refractivity contribution in [2.75, 3.05) is 32.7 Å². The highest BCUT2D eigenvalue weighted by Crippen LogP contribution is 2.36. The molecule has 0 spiro atoms. The van der Waals surface area contributed by atoms with Crippen molar-refractivity contribution in [2.45, 2.75) is 20.1 Å². The zero-order chi connectivity index (χ0) is 25.9. The lowest BCUT2D eigenvalue weighted by molar-refractivity contribution is 0.130. The van der Waals surface area contributed by atoms with E-state index in [1.165, 1.54) is 16.9 Å². The summed E-state index contributed by atoms with van der Waals surface area (Å²) in [5.41, 5.74) is 7.93. The molecule has 3 aromatic heterocycles. The summed E-state index contributed by atoms with van der Waals surface area (Å²) in [6.07, 6.45) is 1.65. The van der Waals surface area contributed by atoms with Crippen LogP contribution in [-0.4, -0.2) is 68.8 Å². The van der Waals surface area contributed by atoms with Crippen LogP contribution in [0.2, 0.25) is 0 Å². The normalized spacial score (nSPS) is 15.2. The second-order valence-corrected chi connectivity index (χ2v) is 10.3. The molecule has 0 amide bonds. The van der Waals surface area contributed by atoms with Gasteiger partial charge in [0.15, 0.2) is 12.5 Å². The number of likely N-dealkylation sites (N-methyl/N-ethyl adjacent to an activating group) is 1. The third kappa shape index (κ3) is 5.26. The number of aromatic amines is 1. The van der Waals surface area contributed by atoms with Gasteiger partial charge in [-0.1, -0.05) is 36.3 Å². The van der Waals surface area contributed by atoms with Crippen molar-refractivity contribution < 1.29 is 9.94 Å². The molecule has 194 valence electrons. The lowest BCUT2D eigenvalue weighted by Gasteiger charge is -2.34. The van der Waals surface area contributed by atoms with Crippen molar-refractivity contribution in [3.8, 4) is 17.1 Å². The topological polar surface area (TPSA) is 89.9 Å². The first kappa shape index (κ1) is 24.5. The SMILES string of the molecule is CCN1CCN(Cc2ccc3nc(-c4c(O)[nH]c5cc(C=NOCc6cscn6)ccc45)ccc3c2)CC1. The third-order valence-corrected chi connectivity index (χ3v) is 7.74. The number of rotatable bonds is 8. The van der Waals surface area contributed by atoms with Gasteiger partial charge in [-0.3, -0.25) is 4.90 Å². The van der Waals surface area contributed by atoms with E-state index in [0.29, 0.717) is 12.2 Å². The maximum absolute atomic E-state index is 10.8. The molecule has 0 atom stereocenters. The average molecular weight is 527 g/mol. The van der Waals surface area contributed by atoms with Gasteiger partial charge >= 0.3 is 0 Å². The maximum atomic E-state index is 10.8. The van der Waals surface area contributed by atoms with Crippen molar-refractivity contribution in [1.82, 2.24) is 24.8 Å². The summed E-state index contributed by atoms with van der Waals surface area (Å²) < 4.78 is 0. The van der Waals surface area contributed by atoms with Crippen LogP contribution in [-0.2, 0) is 18.0 Å². The van der Waals surface area contributed by atoms with Crippen molar-refractivity contribution in [3.63, 3.8) is 0 Å². The Morgan fingerprint density at radius 1 is 1.08 bits per heavy atom. The first-order valence-electron chi connectivity index (χ1n) is 12.9. The number of fused-ring (bicyclic) bond motifs is 2. The molecule has 1 aliphatic rings. The number of benzene rings is 2. The summed E-state index contributed by atoms with van der Waals surface area (Å²) >= 11 is 1.53. The zero-order valence-electron chi connectivity index (χ0n) is 21.3. The van der Waals surface area contributed by atoms with Crippen LogP contribution in [0.25, 0.3) is 33.1 Å². The quantitative estimate of drug-likeness (QED) is 0.213. The number of aromatic nitrogens is 3. The van der Waals surface area contributed by atoms with Gasteiger partial charge in [-0.25, -0.2) is 9.97 Å². The fourth-order valence-electron chi connectivity index (χ4n) is 4.99. The Labute approximate surface area is 225 Å². The van der Waals surface area contributed by atoms with Crippen molar-refractivity contribution in [3.05, 3.63) is 76.2 Å². The number of pyridine rings is 1. The molecule has 8 nitrogen and oxygen atoms in total. The molecule has 0 unspecified atom stereocenters. The Morgan fingerprint density at radius 3 is 2.76 bits per heavy atom. The Balaban J connectivity index is 1.18. The molecule has 4 heterocycles. The average Bonchev–Trinajstić information content (AvgIpc) is 3.58. The molecule has 0 bridgehead atoms. The van der Waals surface area contributed by atoms with E-state index in [9.17, 15) is 5.11 Å². The largest absolute Gasteiger partial charge is 0.494 e. The Kier molecular flexibility index (Phi) is 7.04. The van der Waals surface area contributed by atoms with Crippen LogP contribution < -0.4 is 0 Å². The number of nitrogens with one attached hydrogen (secondary N) is 1. The molecule has 6 rings (SSSR count). The number of oxime groups is 1. The molecule has 0 saturated carbocycles. The van der Waals surface area contributed by atoms with Crippen LogP contribution >= 0.6 is 11.3 Å². The molecular formula is C29H30N6O2S. The summed E-state index contributed by atoms with van der Waals surface area (Å²) in [5.74, 6) is 0.101. The number of piperazine rings is 1. The van der Waals surface area contributed by atoms with E-state index in [2.05, 4.69) is 56.1 Å². The molecule has 0 aliphatic carbocycles. The van der Waals surface area contributed by atoms with E-state index in [4.69, 9.17) is 9.82 Å². The van der Waals surface area contributed by atoms with Crippen LogP contribution in [0, 0.1) is 0 Å². The first-order valence-corrected chi connectivity index (χ1v) is 13.8. The van der Waals surface area contributed by atoms with Crippen LogP contribution in [0.5, 0.6) is 5.88 Å². The van der Waals surface area contributed by atoms with Crippen LogP contribution in [0.15, 0.2) is 64.6 Å². The van der Waals surface area contributed by atoms with Gasteiger partial charge in [-0.2, -0.15) is 0 Å². The van der Waals surface area contributed by atoms with Gasteiger partial charge < -0.3 is 19.8 Å². The molecule has 9 heteroatoms. The van der Waals surface area contributed by atoms with Gasteiger partial charge in [0.2, 0.25) is 0 Å². The Morgan fingerprint density at radius 2 is 1.95 bits per heavy atom. The summed E-state index contributed by atoms with van der Waals surface area (Å²) in [5, 5.41) is 18.7. The molecule has 0 radical (unpaired) electrons. The highest BCUT2D eigenvalue weighted by molar-refractivity contribution is 7.07. The van der Waals surface area contributed by atoms with Crippen LogP contribution in [0.1, 0.15) is 23.7 Å². The van der Waals surface area contributed by atoms with E-state index in [-0.39, 0.29) is 5.88 Å². The fraction of sp³-hybridized carbons (Fsp3) is 0.276. The fourth-order valence-corrected chi connectivity index (χ4v) is 5.53. The van der Waals surface area contributed by atoms with Crippen LogP contribution in [0.4, 0.5) is 0 Å². The minimum atomic E-state index is 0.101. The number of nitrogens with zero attached hydrogens (tertiary/aromatic N) is 5. The van der Waals surface area contributed by atoms with Gasteiger partial charge in [0.25, 0.3) is 0 Å². The lowest BCUT2D eigenvalue weighted by atomic mass is 10.1. The summed E-state index contributed by atoms with van der Waals surface area (Å²) in [7, 11) is 0. The van der Waals surface area contributed by atoms with E-state index in [1.54, 1.807) is 11.7 Å². The third-order valence-electron chi connectivity index (χ3n) is 7.10. The Bertz CT molecular complexity index is 1570. The molecule has 1 saturated heterocycles. The zero-order valence-corrected chi connectivity index (χ0v) is 22.1. The predicted molar refractivity (Wildman–Crippen MR) is 153 cm³/mol. The van der Waals surface area contributed by atoms with E-state index in [0.717, 1.165) is 78.0 Å². The lowest BCUT2D eigenvalue weighted by Crippen LogP contribution is -2.45. The molecule has 5 aromatic rings. The summed E-state index contributed by atoms with van der Waals surface area (Å²) in [6.45, 7) is 9.14. The van der Waals surface area contributed by atoms with Crippen molar-refractivity contribution in [1.29, 1.82) is 0 Å². The molecule has 2 N–H and O–H groups in total. The number of hydrogen-bond donors (Lipinski definition) is 2. The van der Waals surface area contributed by atoms with Crippen molar-refractivity contribution in [2.24, 2.45) is 5.16 Å². The first-order chi connectivity index (χ1) is 18.7. The smallest absolute Gasteiger partial charge is 0.199 e. The summed E-state index contributed by atoms with van der Waals surface area (Å²) in [4.78, 5) is 22.5. The van der Waals surface area contributed by atoms with Gasteiger partial charge in [-0.05, 0) is 41.9 Å². The van der Waals surface area contributed by atoms with Gasteiger partial charge in [0.1, 0.15) is 0 Å².